The molecule has 0 rings (SSSR count). The second-order valence-electron chi connectivity index (χ2n) is 1.96. The molecule has 62 valence electrons. The number of methoxy groups -OCH3 is 1. The van der Waals surface area contributed by atoms with Gasteiger partial charge in [0.1, 0.15) is 0 Å². The smallest absolute Gasteiger partial charge is 0.273 e. The average Bonchev–Trinajstić information content (AvgIpc) is 1.78. The van der Waals surface area contributed by atoms with E-state index in [-0.39, 0.29) is 0 Å². The number of nitrogens with one attached hydrogen (secondary N) is 1. The number of rotatable bonds is 5. The molecule has 0 radical (unpaired) electrons. The van der Waals surface area contributed by atoms with Crippen molar-refractivity contribution in [1.29, 1.82) is 0 Å². The van der Waals surface area contributed by atoms with Gasteiger partial charge in [-0.3, -0.25) is 15.6 Å². The van der Waals surface area contributed by atoms with Crippen LogP contribution in [0.25, 0.3) is 0 Å². The van der Waals surface area contributed by atoms with Crippen molar-refractivity contribution >= 4 is 7.59 Å². The van der Waals surface area contributed by atoms with Crippen molar-refractivity contribution in [3.8, 4) is 0 Å². The highest BCUT2D eigenvalue weighted by molar-refractivity contribution is 7.56. The molecule has 5 nitrogen and oxygen atoms in total. The fraction of sp³-hybridized carbons (Fsp3) is 1.00. The van der Waals surface area contributed by atoms with E-state index in [9.17, 15) is 4.57 Å². The molecule has 0 unspecified atom stereocenters. The molecule has 10 heavy (non-hydrogen) atoms. The Morgan fingerprint density at radius 3 is 2.60 bits per heavy atom. The molecule has 0 bridgehead atoms. The molecule has 0 atom stereocenters. The van der Waals surface area contributed by atoms with E-state index >= 15 is 0 Å². The Balaban J connectivity index is 3.13. The molecule has 0 aliphatic carbocycles. The SMILES string of the molecule is COCCCNP(N)(N)=O. The number of nitrogens with two attached hydrogens (primary N) is 2. The van der Waals surface area contributed by atoms with E-state index in [1.807, 2.05) is 0 Å². The van der Waals surface area contributed by atoms with Crippen molar-refractivity contribution in [3.05, 3.63) is 0 Å². The number of ether oxygens (including phenoxy) is 1. The lowest BCUT2D eigenvalue weighted by atomic mass is 10.5. The predicted octanol–water partition coefficient (Wildman–Crippen LogP) is -0.362. The van der Waals surface area contributed by atoms with Gasteiger partial charge >= 0.3 is 0 Å². The van der Waals surface area contributed by atoms with Crippen LogP contribution in [0.2, 0.25) is 0 Å². The molecule has 0 fully saturated rings. The molecule has 0 aliphatic heterocycles. The fourth-order valence-electron chi connectivity index (χ4n) is 0.470. The highest BCUT2D eigenvalue weighted by atomic mass is 31.2. The summed E-state index contributed by atoms with van der Waals surface area (Å²) >= 11 is 0. The monoisotopic (exact) mass is 167 g/mol. The van der Waals surface area contributed by atoms with Gasteiger partial charge < -0.3 is 4.74 Å². The first kappa shape index (κ1) is 10.1. The van der Waals surface area contributed by atoms with Crippen LogP contribution in [0.1, 0.15) is 6.42 Å². The minimum atomic E-state index is -3.01. The first-order valence-electron chi connectivity index (χ1n) is 2.97. The minimum absolute atomic E-state index is 0.526. The molecule has 0 spiro atoms. The van der Waals surface area contributed by atoms with Crippen LogP contribution in [-0.2, 0) is 9.30 Å². The molecule has 0 aliphatic rings. The molecular formula is C4H14N3O2P. The van der Waals surface area contributed by atoms with Gasteiger partial charge in [-0.2, -0.15) is 0 Å². The lowest BCUT2D eigenvalue weighted by Gasteiger charge is -2.07. The molecule has 0 aromatic heterocycles. The molecule has 0 heterocycles. The van der Waals surface area contributed by atoms with Crippen LogP contribution >= 0.6 is 7.59 Å². The van der Waals surface area contributed by atoms with E-state index in [1.165, 1.54) is 0 Å². The third-order valence-corrected chi connectivity index (χ3v) is 1.60. The zero-order chi connectivity index (χ0) is 8.04. The van der Waals surface area contributed by atoms with Crippen LogP contribution in [0.4, 0.5) is 0 Å². The molecule has 0 aromatic rings. The van der Waals surface area contributed by atoms with Crippen LogP contribution in [0.5, 0.6) is 0 Å². The minimum Gasteiger partial charge on any atom is -0.385 e. The predicted molar refractivity (Wildman–Crippen MR) is 40.5 cm³/mol. The zero-order valence-electron chi connectivity index (χ0n) is 6.04. The summed E-state index contributed by atoms with van der Waals surface area (Å²) in [4.78, 5) is 0. The van der Waals surface area contributed by atoms with Gasteiger partial charge in [-0.15, -0.1) is 0 Å². The van der Waals surface area contributed by atoms with E-state index in [4.69, 9.17) is 15.7 Å². The van der Waals surface area contributed by atoms with E-state index in [2.05, 4.69) is 5.09 Å². The highest BCUT2D eigenvalue weighted by Crippen LogP contribution is 2.16. The average molecular weight is 167 g/mol. The summed E-state index contributed by atoms with van der Waals surface area (Å²) in [6.07, 6.45) is 0.759. The van der Waals surface area contributed by atoms with E-state index < -0.39 is 7.59 Å². The molecule has 0 aromatic carbocycles. The van der Waals surface area contributed by atoms with Gasteiger partial charge in [0.05, 0.1) is 0 Å². The summed E-state index contributed by atoms with van der Waals surface area (Å²) in [5, 5.41) is 2.49. The Morgan fingerprint density at radius 2 is 2.20 bits per heavy atom. The molecule has 5 N–H and O–H groups in total. The van der Waals surface area contributed by atoms with E-state index in [0.29, 0.717) is 13.2 Å². The summed E-state index contributed by atoms with van der Waals surface area (Å²) < 4.78 is 15.3. The van der Waals surface area contributed by atoms with E-state index in [0.717, 1.165) is 6.42 Å². The van der Waals surface area contributed by atoms with Crippen molar-refractivity contribution in [2.45, 2.75) is 6.42 Å². The lowest BCUT2D eigenvalue weighted by molar-refractivity contribution is 0.196. The maximum Gasteiger partial charge on any atom is 0.273 e. The summed E-state index contributed by atoms with van der Waals surface area (Å²) in [6, 6.07) is 0. The third-order valence-electron chi connectivity index (χ3n) is 0.884. The van der Waals surface area contributed by atoms with Gasteiger partial charge in [-0.05, 0) is 6.42 Å². The second kappa shape index (κ2) is 4.82. The van der Waals surface area contributed by atoms with E-state index in [1.54, 1.807) is 7.11 Å². The number of hydrogen-bond acceptors (Lipinski definition) is 2. The quantitative estimate of drug-likeness (QED) is 0.384. The van der Waals surface area contributed by atoms with Crippen LogP contribution in [-0.4, -0.2) is 20.3 Å². The summed E-state index contributed by atoms with van der Waals surface area (Å²) in [5.74, 6) is 0. The number of hydrogen-bond donors (Lipinski definition) is 3. The van der Waals surface area contributed by atoms with Crippen LogP contribution in [0.3, 0.4) is 0 Å². The third kappa shape index (κ3) is 8.07. The van der Waals surface area contributed by atoms with Crippen LogP contribution in [0.15, 0.2) is 0 Å². The zero-order valence-corrected chi connectivity index (χ0v) is 6.93. The van der Waals surface area contributed by atoms with Crippen LogP contribution in [0, 0.1) is 0 Å². The summed E-state index contributed by atoms with van der Waals surface area (Å²) in [5.41, 5.74) is 10.00. The Labute approximate surface area is 60.6 Å². The summed E-state index contributed by atoms with van der Waals surface area (Å²) in [7, 11) is -1.41. The molecular weight excluding hydrogens is 153 g/mol. The first-order chi connectivity index (χ1) is 4.56. The Morgan fingerprint density at radius 1 is 1.60 bits per heavy atom. The van der Waals surface area contributed by atoms with Crippen molar-refractivity contribution in [3.63, 3.8) is 0 Å². The normalized spacial score (nSPS) is 11.9. The maximum atomic E-state index is 10.6. The van der Waals surface area contributed by atoms with Crippen molar-refractivity contribution < 1.29 is 9.30 Å². The van der Waals surface area contributed by atoms with Crippen molar-refractivity contribution in [2.24, 2.45) is 11.0 Å². The fourth-order valence-corrected chi connectivity index (χ4v) is 0.978. The molecule has 0 amide bonds. The van der Waals surface area contributed by atoms with Gasteiger partial charge in [-0.1, -0.05) is 0 Å². The molecule has 0 saturated carbocycles. The van der Waals surface area contributed by atoms with Gasteiger partial charge in [0.2, 0.25) is 0 Å². The van der Waals surface area contributed by atoms with Gasteiger partial charge in [0.25, 0.3) is 7.59 Å². The standard InChI is InChI=1S/C4H14N3O2P/c1-9-4-2-3-7-10(5,6)8/h2-4H2,1H3,(H5,5,6,7,8). The van der Waals surface area contributed by atoms with Gasteiger partial charge in [0, 0.05) is 20.3 Å². The van der Waals surface area contributed by atoms with Crippen molar-refractivity contribution in [1.82, 2.24) is 5.09 Å². The van der Waals surface area contributed by atoms with Crippen molar-refractivity contribution in [2.75, 3.05) is 20.3 Å². The molecule has 6 heteroatoms. The second-order valence-corrected chi connectivity index (χ2v) is 3.70. The lowest BCUT2D eigenvalue weighted by Crippen LogP contribution is -2.23. The van der Waals surface area contributed by atoms with Crippen LogP contribution < -0.4 is 16.1 Å². The largest absolute Gasteiger partial charge is 0.385 e. The maximum absolute atomic E-state index is 10.6. The Kier molecular flexibility index (Phi) is 4.85. The molecule has 0 saturated heterocycles. The Bertz CT molecular complexity index is 124. The first-order valence-corrected chi connectivity index (χ1v) is 4.82. The highest BCUT2D eigenvalue weighted by Gasteiger charge is 2.04. The topological polar surface area (TPSA) is 90.4 Å². The van der Waals surface area contributed by atoms with Gasteiger partial charge in [0.15, 0.2) is 0 Å². The Hall–Kier alpha value is 0.0700. The van der Waals surface area contributed by atoms with Gasteiger partial charge in [-0.25, -0.2) is 5.09 Å². The summed E-state index contributed by atoms with van der Waals surface area (Å²) in [6.45, 7) is 1.14.